The van der Waals surface area contributed by atoms with E-state index >= 15 is 0 Å². The lowest BCUT2D eigenvalue weighted by atomic mass is 10.1. The third-order valence-electron chi connectivity index (χ3n) is 2.89. The van der Waals surface area contributed by atoms with Crippen LogP contribution in [0.5, 0.6) is 0 Å². The van der Waals surface area contributed by atoms with Crippen molar-refractivity contribution in [2.24, 2.45) is 5.92 Å². The summed E-state index contributed by atoms with van der Waals surface area (Å²) < 4.78 is 1.81. The number of amides is 1. The largest absolute Gasteiger partial charge is 0.349 e. The van der Waals surface area contributed by atoms with Crippen molar-refractivity contribution in [3.8, 4) is 0 Å². The Balaban J connectivity index is 2.74. The molecule has 0 aliphatic rings. The second-order valence-electron chi connectivity index (χ2n) is 5.85. The van der Waals surface area contributed by atoms with Gasteiger partial charge in [0.1, 0.15) is 0 Å². The zero-order valence-corrected chi connectivity index (χ0v) is 11.6. The maximum atomic E-state index is 11.9. The molecule has 1 rings (SSSR count). The SMILES string of the molecule is CC(C)[C@@H](C)NC(=O)c1cnn(C(C)(C)C)c1. The molecule has 0 aliphatic carbocycles. The van der Waals surface area contributed by atoms with Crippen molar-refractivity contribution in [3.63, 3.8) is 0 Å². The molecule has 0 bridgehead atoms. The normalized spacial score (nSPS) is 13.8. The molecule has 4 nitrogen and oxygen atoms in total. The van der Waals surface area contributed by atoms with E-state index in [2.05, 4.69) is 45.0 Å². The summed E-state index contributed by atoms with van der Waals surface area (Å²) in [4.78, 5) is 11.9. The first kappa shape index (κ1) is 13.7. The van der Waals surface area contributed by atoms with Gasteiger partial charge in [-0.25, -0.2) is 0 Å². The van der Waals surface area contributed by atoms with Crippen LogP contribution >= 0.6 is 0 Å². The van der Waals surface area contributed by atoms with E-state index in [1.165, 1.54) is 0 Å². The van der Waals surface area contributed by atoms with Gasteiger partial charge in [0.05, 0.1) is 17.3 Å². The van der Waals surface area contributed by atoms with Gasteiger partial charge in [0.15, 0.2) is 0 Å². The smallest absolute Gasteiger partial charge is 0.254 e. The molecule has 17 heavy (non-hydrogen) atoms. The Bertz CT molecular complexity index is 388. The maximum Gasteiger partial charge on any atom is 0.254 e. The fourth-order valence-corrected chi connectivity index (χ4v) is 1.26. The van der Waals surface area contributed by atoms with E-state index in [1.807, 2.05) is 11.6 Å². The highest BCUT2D eigenvalue weighted by molar-refractivity contribution is 5.93. The molecule has 1 amide bonds. The van der Waals surface area contributed by atoms with Crippen molar-refractivity contribution < 1.29 is 4.79 Å². The van der Waals surface area contributed by atoms with Gasteiger partial charge in [0, 0.05) is 12.2 Å². The van der Waals surface area contributed by atoms with Crippen molar-refractivity contribution in [1.82, 2.24) is 15.1 Å². The average Bonchev–Trinajstić information content (AvgIpc) is 2.65. The minimum absolute atomic E-state index is 0.0540. The van der Waals surface area contributed by atoms with Gasteiger partial charge in [-0.3, -0.25) is 9.48 Å². The van der Waals surface area contributed by atoms with Crippen LogP contribution in [0.25, 0.3) is 0 Å². The van der Waals surface area contributed by atoms with Crippen LogP contribution in [-0.2, 0) is 5.54 Å². The second-order valence-corrected chi connectivity index (χ2v) is 5.85. The predicted octanol–water partition coefficient (Wildman–Crippen LogP) is 2.41. The Morgan fingerprint density at radius 1 is 1.35 bits per heavy atom. The average molecular weight is 237 g/mol. The van der Waals surface area contributed by atoms with Crippen molar-refractivity contribution in [1.29, 1.82) is 0 Å². The summed E-state index contributed by atoms with van der Waals surface area (Å²) in [6.07, 6.45) is 3.41. The predicted molar refractivity (Wildman–Crippen MR) is 69.0 cm³/mol. The van der Waals surface area contributed by atoms with Crippen LogP contribution in [0.15, 0.2) is 12.4 Å². The molecule has 1 aromatic heterocycles. The lowest BCUT2D eigenvalue weighted by molar-refractivity contribution is 0.0930. The zero-order chi connectivity index (χ0) is 13.2. The first-order chi connectivity index (χ1) is 7.71. The van der Waals surface area contributed by atoms with E-state index in [4.69, 9.17) is 0 Å². The first-order valence-corrected chi connectivity index (χ1v) is 6.08. The summed E-state index contributed by atoms with van der Waals surface area (Å²) in [6.45, 7) is 12.3. The van der Waals surface area contributed by atoms with Crippen molar-refractivity contribution in [3.05, 3.63) is 18.0 Å². The molecule has 4 heteroatoms. The Hall–Kier alpha value is -1.32. The highest BCUT2D eigenvalue weighted by Gasteiger charge is 2.18. The molecule has 1 atom stereocenters. The molecule has 0 spiro atoms. The van der Waals surface area contributed by atoms with Gasteiger partial charge < -0.3 is 5.32 Å². The third-order valence-corrected chi connectivity index (χ3v) is 2.89. The van der Waals surface area contributed by atoms with E-state index in [0.29, 0.717) is 11.5 Å². The molecular formula is C13H23N3O. The molecule has 0 saturated heterocycles. The van der Waals surface area contributed by atoms with Crippen LogP contribution in [0, 0.1) is 5.92 Å². The second kappa shape index (κ2) is 4.90. The minimum atomic E-state index is -0.0950. The molecule has 96 valence electrons. The van der Waals surface area contributed by atoms with Crippen LogP contribution in [0.2, 0.25) is 0 Å². The summed E-state index contributed by atoms with van der Waals surface area (Å²) in [5.41, 5.74) is 0.523. The minimum Gasteiger partial charge on any atom is -0.349 e. The summed E-state index contributed by atoms with van der Waals surface area (Å²) in [7, 11) is 0. The molecule has 0 radical (unpaired) electrons. The van der Waals surface area contributed by atoms with Gasteiger partial charge in [-0.05, 0) is 33.6 Å². The number of nitrogens with one attached hydrogen (secondary N) is 1. The first-order valence-electron chi connectivity index (χ1n) is 6.08. The number of aromatic nitrogens is 2. The van der Waals surface area contributed by atoms with Gasteiger partial charge in [-0.1, -0.05) is 13.8 Å². The highest BCUT2D eigenvalue weighted by atomic mass is 16.1. The fourth-order valence-electron chi connectivity index (χ4n) is 1.26. The summed E-state index contributed by atoms with van der Waals surface area (Å²) in [6, 6.07) is 0.167. The number of nitrogens with zero attached hydrogens (tertiary/aromatic N) is 2. The molecule has 1 N–H and O–H groups in total. The van der Waals surface area contributed by atoms with Crippen molar-refractivity contribution in [2.75, 3.05) is 0 Å². The quantitative estimate of drug-likeness (QED) is 0.877. The zero-order valence-electron chi connectivity index (χ0n) is 11.6. The van der Waals surface area contributed by atoms with Crippen LogP contribution < -0.4 is 5.32 Å². The molecule has 0 fully saturated rings. The molecule has 0 aliphatic heterocycles. The molecule has 1 heterocycles. The van der Waals surface area contributed by atoms with E-state index in [1.54, 1.807) is 12.4 Å². The van der Waals surface area contributed by atoms with Crippen LogP contribution in [0.1, 0.15) is 51.9 Å². The fraction of sp³-hybridized carbons (Fsp3) is 0.692. The van der Waals surface area contributed by atoms with Gasteiger partial charge in [0.25, 0.3) is 5.91 Å². The summed E-state index contributed by atoms with van der Waals surface area (Å²) in [5, 5.41) is 7.18. The van der Waals surface area contributed by atoms with Crippen LogP contribution in [0.3, 0.4) is 0 Å². The Morgan fingerprint density at radius 2 is 1.94 bits per heavy atom. The third kappa shape index (κ3) is 3.58. The lowest BCUT2D eigenvalue weighted by Crippen LogP contribution is -2.36. The van der Waals surface area contributed by atoms with E-state index in [-0.39, 0.29) is 17.5 Å². The van der Waals surface area contributed by atoms with E-state index in [0.717, 1.165) is 0 Å². The van der Waals surface area contributed by atoms with Crippen molar-refractivity contribution >= 4 is 5.91 Å². The molecule has 0 aromatic carbocycles. The molecule has 0 saturated carbocycles. The van der Waals surface area contributed by atoms with E-state index in [9.17, 15) is 4.79 Å². The lowest BCUT2D eigenvalue weighted by Gasteiger charge is -2.19. The van der Waals surface area contributed by atoms with Gasteiger partial charge >= 0.3 is 0 Å². The summed E-state index contributed by atoms with van der Waals surface area (Å²) >= 11 is 0. The monoisotopic (exact) mass is 237 g/mol. The van der Waals surface area contributed by atoms with Crippen molar-refractivity contribution in [2.45, 2.75) is 53.1 Å². The Morgan fingerprint density at radius 3 is 2.35 bits per heavy atom. The Kier molecular flexibility index (Phi) is 3.96. The number of rotatable bonds is 3. The maximum absolute atomic E-state index is 11.9. The van der Waals surface area contributed by atoms with Crippen LogP contribution in [0.4, 0.5) is 0 Å². The summed E-state index contributed by atoms with van der Waals surface area (Å²) in [5.74, 6) is 0.373. The van der Waals surface area contributed by atoms with Gasteiger partial charge in [-0.2, -0.15) is 5.10 Å². The number of hydrogen-bond acceptors (Lipinski definition) is 2. The molecular weight excluding hydrogens is 214 g/mol. The van der Waals surface area contributed by atoms with Gasteiger partial charge in [-0.15, -0.1) is 0 Å². The van der Waals surface area contributed by atoms with Crippen LogP contribution in [-0.4, -0.2) is 21.7 Å². The topological polar surface area (TPSA) is 46.9 Å². The number of carbonyl (C=O) groups excluding carboxylic acids is 1. The van der Waals surface area contributed by atoms with E-state index < -0.39 is 0 Å². The Labute approximate surface area is 103 Å². The molecule has 0 unspecified atom stereocenters. The number of carbonyl (C=O) groups is 1. The standard InChI is InChI=1S/C13H23N3O/c1-9(2)10(3)15-12(17)11-7-14-16(8-11)13(4,5)6/h7-10H,1-6H3,(H,15,17)/t10-/m1/s1. The number of hydrogen-bond donors (Lipinski definition) is 1. The molecule has 1 aromatic rings. The van der Waals surface area contributed by atoms with Gasteiger partial charge in [0.2, 0.25) is 0 Å². The highest BCUT2D eigenvalue weighted by Crippen LogP contribution is 2.13.